The quantitative estimate of drug-likeness (QED) is 0.644. The van der Waals surface area contributed by atoms with Crippen LogP contribution < -0.4 is 5.48 Å². The van der Waals surface area contributed by atoms with Gasteiger partial charge in [0.05, 0.1) is 0 Å². The molecule has 3 nitrogen and oxygen atoms in total. The van der Waals surface area contributed by atoms with E-state index < -0.39 is 0 Å². The van der Waals surface area contributed by atoms with E-state index in [9.17, 15) is 5.11 Å². The van der Waals surface area contributed by atoms with Gasteiger partial charge in [0.15, 0.2) is 6.23 Å². The number of hydrogen-bond acceptors (Lipinski definition) is 3. The summed E-state index contributed by atoms with van der Waals surface area (Å²) in [5.41, 5.74) is 3.43. The molecule has 0 amide bonds. The normalized spacial score (nSPS) is 20.5. The van der Waals surface area contributed by atoms with Crippen LogP contribution in [0.1, 0.15) is 11.8 Å². The first-order valence-corrected chi connectivity index (χ1v) is 3.07. The molecule has 1 saturated heterocycles. The van der Waals surface area contributed by atoms with Crippen LogP contribution in [-0.2, 0) is 23.4 Å². The maximum Gasteiger partial charge on any atom is 0.180 e. The Hall–Kier alpha value is -0.476. The molecule has 11 heavy (non-hydrogen) atoms. The summed E-state index contributed by atoms with van der Waals surface area (Å²) in [6.07, 6.45) is -0.0961. The average Bonchev–Trinajstić information content (AvgIpc) is 2.71. The predicted octanol–water partition coefficient (Wildman–Crippen LogP) is 0.923. The number of hydroxylamine groups is 1. The van der Waals surface area contributed by atoms with Crippen LogP contribution in [-0.4, -0.2) is 5.11 Å². The zero-order valence-corrected chi connectivity index (χ0v) is 7.09. The van der Waals surface area contributed by atoms with E-state index in [1.165, 1.54) is 0 Å². The molecule has 0 aromatic heterocycles. The van der Waals surface area contributed by atoms with Crippen LogP contribution in [0.15, 0.2) is 24.3 Å². The zero-order chi connectivity index (χ0) is 6.97. The van der Waals surface area contributed by atoms with Gasteiger partial charge in [-0.25, -0.2) is 0 Å². The summed E-state index contributed by atoms with van der Waals surface area (Å²) in [6.45, 7) is 0. The summed E-state index contributed by atoms with van der Waals surface area (Å²) in [7, 11) is 0. The molecular formula is C7H7NO2V. The van der Waals surface area contributed by atoms with Gasteiger partial charge in [-0.05, 0) is 6.07 Å². The molecule has 57 valence electrons. The van der Waals surface area contributed by atoms with Crippen LogP contribution in [0.25, 0.3) is 0 Å². The van der Waals surface area contributed by atoms with E-state index in [2.05, 4.69) is 5.48 Å². The number of aromatic hydroxyl groups is 1. The molecule has 4 heteroatoms. The van der Waals surface area contributed by atoms with Crippen LogP contribution in [0.5, 0.6) is 5.75 Å². The van der Waals surface area contributed by atoms with Gasteiger partial charge >= 0.3 is 0 Å². The molecule has 0 bridgehead atoms. The first-order chi connectivity index (χ1) is 4.88. The second-order valence-electron chi connectivity index (χ2n) is 2.17. The fourth-order valence-corrected chi connectivity index (χ4v) is 0.870. The maximum absolute atomic E-state index is 9.20. The zero-order valence-electron chi connectivity index (χ0n) is 5.69. The van der Waals surface area contributed by atoms with Gasteiger partial charge < -0.3 is 5.11 Å². The Morgan fingerprint density at radius 2 is 2.00 bits per heavy atom. The molecule has 1 aliphatic heterocycles. The minimum absolute atomic E-state index is 0. The minimum Gasteiger partial charge on any atom is -0.508 e. The van der Waals surface area contributed by atoms with Crippen LogP contribution in [0.3, 0.4) is 0 Å². The third-order valence-corrected chi connectivity index (χ3v) is 1.45. The van der Waals surface area contributed by atoms with Crippen molar-refractivity contribution in [2.75, 3.05) is 0 Å². The molecule has 1 aliphatic rings. The molecule has 1 unspecified atom stereocenters. The van der Waals surface area contributed by atoms with E-state index in [0.29, 0.717) is 0 Å². The Kier molecular flexibility index (Phi) is 2.57. The van der Waals surface area contributed by atoms with E-state index in [1.807, 2.05) is 12.1 Å². The number of phenolic OH excluding ortho intramolecular Hbond substituents is 1. The van der Waals surface area contributed by atoms with E-state index in [4.69, 9.17) is 4.84 Å². The Morgan fingerprint density at radius 3 is 2.55 bits per heavy atom. The molecule has 1 aromatic carbocycles. The number of phenols is 1. The first kappa shape index (κ1) is 8.62. The second-order valence-corrected chi connectivity index (χ2v) is 2.17. The third kappa shape index (κ3) is 1.76. The molecule has 0 spiro atoms. The maximum atomic E-state index is 9.20. The van der Waals surface area contributed by atoms with Crippen LogP contribution >= 0.6 is 0 Å². The van der Waals surface area contributed by atoms with Gasteiger partial charge in [-0.2, -0.15) is 5.48 Å². The van der Waals surface area contributed by atoms with Crippen LogP contribution in [0.2, 0.25) is 0 Å². The van der Waals surface area contributed by atoms with Crippen molar-refractivity contribution in [1.29, 1.82) is 0 Å². The SMILES string of the molecule is Oc1ccccc1C1NO1.[V]. The summed E-state index contributed by atoms with van der Waals surface area (Å²) in [6, 6.07) is 7.10. The number of nitrogens with one attached hydrogen (secondary N) is 1. The van der Waals surface area contributed by atoms with Gasteiger partial charge in [-0.3, -0.25) is 4.84 Å². The Labute approximate surface area is 76.2 Å². The van der Waals surface area contributed by atoms with Crippen molar-refractivity contribution in [3.63, 3.8) is 0 Å². The van der Waals surface area contributed by atoms with Crippen LogP contribution in [0, 0.1) is 0 Å². The van der Waals surface area contributed by atoms with E-state index in [0.717, 1.165) is 5.56 Å². The second kappa shape index (κ2) is 3.28. The summed E-state index contributed by atoms with van der Waals surface area (Å²) in [4.78, 5) is 4.77. The smallest absolute Gasteiger partial charge is 0.180 e. The van der Waals surface area contributed by atoms with Gasteiger partial charge in [0.25, 0.3) is 0 Å². The molecule has 2 N–H and O–H groups in total. The molecule has 0 aliphatic carbocycles. The van der Waals surface area contributed by atoms with Crippen molar-refractivity contribution in [2.24, 2.45) is 0 Å². The number of hydrogen-bond donors (Lipinski definition) is 2. The van der Waals surface area contributed by atoms with E-state index in [1.54, 1.807) is 12.1 Å². The number of para-hydroxylation sites is 1. The monoisotopic (exact) mass is 188 g/mol. The molecule has 2 rings (SSSR count). The summed E-state index contributed by atoms with van der Waals surface area (Å²) < 4.78 is 0. The Morgan fingerprint density at radius 1 is 1.36 bits per heavy atom. The molecule has 1 fully saturated rings. The van der Waals surface area contributed by atoms with E-state index in [-0.39, 0.29) is 30.5 Å². The predicted molar refractivity (Wildman–Crippen MR) is 35.1 cm³/mol. The fraction of sp³-hybridized carbons (Fsp3) is 0.143. The van der Waals surface area contributed by atoms with Crippen molar-refractivity contribution >= 4 is 0 Å². The van der Waals surface area contributed by atoms with Gasteiger partial charge in [0, 0.05) is 24.1 Å². The van der Waals surface area contributed by atoms with Crippen molar-refractivity contribution in [3.8, 4) is 5.75 Å². The summed E-state index contributed by atoms with van der Waals surface area (Å²) in [5, 5.41) is 9.20. The standard InChI is InChI=1S/C7H7NO2.V/c9-6-4-2-1-3-5(6)7-8-10-7;/h1-4,7-9H;. The molecule has 1 atom stereocenters. The van der Waals surface area contributed by atoms with Gasteiger partial charge in [0.2, 0.25) is 0 Å². The van der Waals surface area contributed by atoms with E-state index >= 15 is 0 Å². The van der Waals surface area contributed by atoms with Crippen molar-refractivity contribution in [1.82, 2.24) is 5.48 Å². The molecule has 1 heterocycles. The average molecular weight is 188 g/mol. The first-order valence-electron chi connectivity index (χ1n) is 3.07. The van der Waals surface area contributed by atoms with Gasteiger partial charge in [-0.15, -0.1) is 0 Å². The minimum atomic E-state index is -0.0961. The topological polar surface area (TPSA) is 54.7 Å². The van der Waals surface area contributed by atoms with Crippen molar-refractivity contribution in [2.45, 2.75) is 6.23 Å². The molecular weight excluding hydrogens is 181 g/mol. The van der Waals surface area contributed by atoms with Crippen molar-refractivity contribution in [3.05, 3.63) is 29.8 Å². The Bertz CT molecular complexity index is 250. The molecule has 0 saturated carbocycles. The number of benzene rings is 1. The van der Waals surface area contributed by atoms with Gasteiger partial charge in [0.1, 0.15) is 5.75 Å². The van der Waals surface area contributed by atoms with Gasteiger partial charge in [-0.1, -0.05) is 18.2 Å². The summed E-state index contributed by atoms with van der Waals surface area (Å²) >= 11 is 0. The molecule has 1 aromatic rings. The van der Waals surface area contributed by atoms with Crippen molar-refractivity contribution < 1.29 is 28.5 Å². The third-order valence-electron chi connectivity index (χ3n) is 1.45. The Balaban J connectivity index is 0.000000605. The van der Waals surface area contributed by atoms with Crippen LogP contribution in [0.4, 0.5) is 0 Å². The number of rotatable bonds is 1. The summed E-state index contributed by atoms with van der Waals surface area (Å²) in [5.74, 6) is 0.275. The fourth-order valence-electron chi connectivity index (χ4n) is 0.870. The molecule has 1 radical (unpaired) electrons. The largest absolute Gasteiger partial charge is 0.508 e.